The molecule has 0 saturated carbocycles. The summed E-state index contributed by atoms with van der Waals surface area (Å²) < 4.78 is 16.3. The molecule has 30 heavy (non-hydrogen) atoms. The van der Waals surface area contributed by atoms with E-state index in [4.69, 9.17) is 12.2 Å². The van der Waals surface area contributed by atoms with Crippen molar-refractivity contribution >= 4 is 23.0 Å². The second kappa shape index (κ2) is 7.84. The summed E-state index contributed by atoms with van der Waals surface area (Å²) in [6.45, 7) is 10.5. The number of hydrogen-bond donors (Lipinski definition) is 1. The number of halogens is 1. The number of hydrogen-bond acceptors (Lipinski definition) is 2. The monoisotopic (exact) mass is 422 g/mol. The molecule has 4 nitrogen and oxygen atoms in total. The first-order valence-corrected chi connectivity index (χ1v) is 10.7. The summed E-state index contributed by atoms with van der Waals surface area (Å²) in [5.74, 6) is -0.215. The number of nitrogens with zero attached hydrogens (tertiary/aromatic N) is 3. The SMILES string of the molecule is Cc1cc(N2C(=S)N[C@@H](c3ccccn3)[C@@H]2c2cc(C)n(C(C)C)c2C)ccc1F. The number of thiocarbonyl (C=S) groups is 1. The number of aromatic nitrogens is 2. The van der Waals surface area contributed by atoms with E-state index in [1.165, 1.54) is 23.0 Å². The number of rotatable bonds is 4. The van der Waals surface area contributed by atoms with E-state index in [1.54, 1.807) is 19.2 Å². The largest absolute Gasteiger partial charge is 0.351 e. The summed E-state index contributed by atoms with van der Waals surface area (Å²) >= 11 is 5.77. The Morgan fingerprint density at radius 1 is 1.10 bits per heavy atom. The third-order valence-corrected chi connectivity index (χ3v) is 6.19. The summed E-state index contributed by atoms with van der Waals surface area (Å²) in [6.07, 6.45) is 1.80. The van der Waals surface area contributed by atoms with Gasteiger partial charge in [0, 0.05) is 29.3 Å². The zero-order valence-electron chi connectivity index (χ0n) is 18.0. The smallest absolute Gasteiger partial charge is 0.174 e. The normalized spacial score (nSPS) is 18.9. The van der Waals surface area contributed by atoms with Crippen molar-refractivity contribution in [3.05, 3.63) is 82.7 Å². The van der Waals surface area contributed by atoms with Gasteiger partial charge < -0.3 is 14.8 Å². The van der Waals surface area contributed by atoms with Gasteiger partial charge in [0.2, 0.25) is 0 Å². The van der Waals surface area contributed by atoms with Crippen LogP contribution >= 0.6 is 12.2 Å². The van der Waals surface area contributed by atoms with Gasteiger partial charge in [-0.15, -0.1) is 0 Å². The van der Waals surface area contributed by atoms with Crippen LogP contribution < -0.4 is 10.2 Å². The van der Waals surface area contributed by atoms with E-state index in [9.17, 15) is 4.39 Å². The lowest BCUT2D eigenvalue weighted by Gasteiger charge is -2.28. The fourth-order valence-electron chi connectivity index (χ4n) is 4.62. The van der Waals surface area contributed by atoms with Gasteiger partial charge in [-0.3, -0.25) is 4.98 Å². The fraction of sp³-hybridized carbons (Fsp3) is 0.333. The van der Waals surface area contributed by atoms with E-state index in [0.717, 1.165) is 11.4 Å². The highest BCUT2D eigenvalue weighted by Gasteiger charge is 2.42. The van der Waals surface area contributed by atoms with E-state index in [-0.39, 0.29) is 17.9 Å². The molecule has 0 aliphatic carbocycles. The first-order valence-electron chi connectivity index (χ1n) is 10.2. The molecule has 1 aliphatic rings. The quantitative estimate of drug-likeness (QED) is 0.546. The maximum Gasteiger partial charge on any atom is 0.174 e. The average Bonchev–Trinajstić information content (AvgIpc) is 3.20. The van der Waals surface area contributed by atoms with Crippen LogP contribution in [0.5, 0.6) is 0 Å². The number of nitrogens with one attached hydrogen (secondary N) is 1. The average molecular weight is 423 g/mol. The third kappa shape index (κ3) is 3.39. The molecule has 0 unspecified atom stereocenters. The van der Waals surface area contributed by atoms with E-state index in [0.29, 0.717) is 16.7 Å². The van der Waals surface area contributed by atoms with Gasteiger partial charge in [-0.05, 0) is 94.4 Å². The molecule has 2 atom stereocenters. The van der Waals surface area contributed by atoms with Gasteiger partial charge in [-0.2, -0.15) is 0 Å². The maximum atomic E-state index is 14.0. The van der Waals surface area contributed by atoms with Crippen LogP contribution in [0.4, 0.5) is 10.1 Å². The molecule has 3 aromatic rings. The molecule has 0 amide bonds. The van der Waals surface area contributed by atoms with Crippen LogP contribution in [-0.2, 0) is 0 Å². The van der Waals surface area contributed by atoms with Crippen molar-refractivity contribution in [2.45, 2.75) is 52.7 Å². The topological polar surface area (TPSA) is 33.1 Å². The minimum Gasteiger partial charge on any atom is -0.351 e. The minimum absolute atomic E-state index is 0.0871. The summed E-state index contributed by atoms with van der Waals surface area (Å²) in [5, 5.41) is 4.10. The van der Waals surface area contributed by atoms with Gasteiger partial charge in [-0.25, -0.2) is 4.39 Å². The van der Waals surface area contributed by atoms with Gasteiger partial charge in [0.1, 0.15) is 5.82 Å². The Balaban J connectivity index is 1.90. The number of pyridine rings is 1. The van der Waals surface area contributed by atoms with Gasteiger partial charge in [-0.1, -0.05) is 6.07 Å². The zero-order valence-corrected chi connectivity index (χ0v) is 18.8. The molecule has 0 bridgehead atoms. The molecule has 1 aromatic carbocycles. The fourth-order valence-corrected chi connectivity index (χ4v) is 4.97. The first-order chi connectivity index (χ1) is 14.3. The lowest BCUT2D eigenvalue weighted by molar-refractivity contribution is 0.547. The number of aryl methyl sites for hydroxylation is 2. The summed E-state index contributed by atoms with van der Waals surface area (Å²) in [7, 11) is 0. The van der Waals surface area contributed by atoms with Crippen LogP contribution in [0, 0.1) is 26.6 Å². The van der Waals surface area contributed by atoms with E-state index >= 15 is 0 Å². The number of benzene rings is 1. The Labute approximate surface area is 182 Å². The van der Waals surface area contributed by atoms with E-state index in [2.05, 4.69) is 53.5 Å². The van der Waals surface area contributed by atoms with Crippen LogP contribution in [0.1, 0.15) is 60.2 Å². The van der Waals surface area contributed by atoms with Gasteiger partial charge >= 0.3 is 0 Å². The lowest BCUT2D eigenvalue weighted by atomic mass is 9.96. The van der Waals surface area contributed by atoms with Crippen LogP contribution in [0.15, 0.2) is 48.7 Å². The summed E-state index contributed by atoms with van der Waals surface area (Å²) in [4.78, 5) is 6.71. The van der Waals surface area contributed by atoms with Crippen LogP contribution in [0.3, 0.4) is 0 Å². The molecule has 0 radical (unpaired) electrons. The number of anilines is 1. The molecular formula is C24H27FN4S. The van der Waals surface area contributed by atoms with E-state index < -0.39 is 0 Å². The molecule has 3 heterocycles. The Hall–Kier alpha value is -2.73. The second-order valence-electron chi connectivity index (χ2n) is 8.22. The Bertz CT molecular complexity index is 1090. The van der Waals surface area contributed by atoms with Crippen molar-refractivity contribution in [2.24, 2.45) is 0 Å². The molecule has 0 spiro atoms. The molecule has 2 aromatic heterocycles. The van der Waals surface area contributed by atoms with E-state index in [1.807, 2.05) is 24.3 Å². The van der Waals surface area contributed by atoms with Crippen molar-refractivity contribution in [3.8, 4) is 0 Å². The highest BCUT2D eigenvalue weighted by molar-refractivity contribution is 7.80. The molecular weight excluding hydrogens is 395 g/mol. The Morgan fingerprint density at radius 2 is 1.87 bits per heavy atom. The van der Waals surface area contributed by atoms with Gasteiger partial charge in [0.05, 0.1) is 17.8 Å². The second-order valence-corrected chi connectivity index (χ2v) is 8.61. The summed E-state index contributed by atoms with van der Waals surface area (Å²) in [6, 6.07) is 13.5. The first kappa shape index (κ1) is 20.5. The minimum atomic E-state index is -0.215. The predicted molar refractivity (Wildman–Crippen MR) is 123 cm³/mol. The lowest BCUT2D eigenvalue weighted by Crippen LogP contribution is -2.29. The maximum absolute atomic E-state index is 14.0. The zero-order chi connectivity index (χ0) is 21.6. The van der Waals surface area contributed by atoms with Gasteiger partial charge in [0.25, 0.3) is 0 Å². The van der Waals surface area contributed by atoms with Gasteiger partial charge in [0.15, 0.2) is 5.11 Å². The highest BCUT2D eigenvalue weighted by Crippen LogP contribution is 2.43. The highest BCUT2D eigenvalue weighted by atomic mass is 32.1. The molecule has 4 rings (SSSR count). The summed E-state index contributed by atoms with van der Waals surface area (Å²) in [5.41, 5.74) is 6.04. The van der Waals surface area contributed by atoms with Crippen molar-refractivity contribution in [2.75, 3.05) is 4.90 Å². The van der Waals surface area contributed by atoms with Crippen molar-refractivity contribution in [1.82, 2.24) is 14.9 Å². The van der Waals surface area contributed by atoms with Crippen LogP contribution in [0.2, 0.25) is 0 Å². The predicted octanol–water partition coefficient (Wildman–Crippen LogP) is 5.71. The Morgan fingerprint density at radius 3 is 2.47 bits per heavy atom. The molecule has 6 heteroatoms. The molecule has 1 fully saturated rings. The molecule has 156 valence electrons. The van der Waals surface area contributed by atoms with Crippen LogP contribution in [0.25, 0.3) is 0 Å². The molecule has 1 N–H and O–H groups in total. The molecule has 1 saturated heterocycles. The standard InChI is InChI=1S/C24H27FN4S/c1-14(2)28-16(4)13-19(17(28)5)23-22(21-8-6-7-11-26-21)27-24(30)29(23)18-9-10-20(25)15(3)12-18/h6-14,22-23H,1-5H3,(H,27,30)/t22-,23-/m0/s1. The molecule has 1 aliphatic heterocycles. The third-order valence-electron chi connectivity index (χ3n) is 5.88. The van der Waals surface area contributed by atoms with Crippen molar-refractivity contribution in [1.29, 1.82) is 0 Å². The van der Waals surface area contributed by atoms with Crippen LogP contribution in [-0.4, -0.2) is 14.7 Å². The van der Waals surface area contributed by atoms with Crippen molar-refractivity contribution < 1.29 is 4.39 Å². The Kier molecular flexibility index (Phi) is 5.36. The van der Waals surface area contributed by atoms with Crippen molar-refractivity contribution in [3.63, 3.8) is 0 Å².